The van der Waals surface area contributed by atoms with Gasteiger partial charge in [0.2, 0.25) is 5.88 Å². The van der Waals surface area contributed by atoms with Gasteiger partial charge in [-0.25, -0.2) is 4.98 Å². The van der Waals surface area contributed by atoms with Gasteiger partial charge in [-0.15, -0.1) is 0 Å². The summed E-state index contributed by atoms with van der Waals surface area (Å²) in [4.78, 5) is 8.89. The van der Waals surface area contributed by atoms with E-state index in [2.05, 4.69) is 15.3 Å². The second-order valence-electron chi connectivity index (χ2n) is 8.75. The number of rotatable bonds is 9. The van der Waals surface area contributed by atoms with Gasteiger partial charge in [0.15, 0.2) is 5.60 Å². The Bertz CT molecular complexity index is 1160. The quantitative estimate of drug-likeness (QED) is 0.348. The van der Waals surface area contributed by atoms with E-state index in [4.69, 9.17) is 32.7 Å². The van der Waals surface area contributed by atoms with E-state index in [1.807, 2.05) is 6.07 Å². The summed E-state index contributed by atoms with van der Waals surface area (Å²) in [6.07, 6.45) is 3.25. The number of benzene rings is 1. The van der Waals surface area contributed by atoms with Crippen LogP contribution >= 0.6 is 23.2 Å². The van der Waals surface area contributed by atoms with Gasteiger partial charge < -0.3 is 19.9 Å². The highest BCUT2D eigenvalue weighted by atomic mass is 35.5. The molecule has 0 radical (unpaired) electrons. The Kier molecular flexibility index (Phi) is 8.30. The van der Waals surface area contributed by atoms with Gasteiger partial charge in [-0.1, -0.05) is 47.5 Å². The van der Waals surface area contributed by atoms with Gasteiger partial charge in [0.05, 0.1) is 35.1 Å². The van der Waals surface area contributed by atoms with Crippen molar-refractivity contribution in [3.63, 3.8) is 0 Å². The Morgan fingerprint density at radius 3 is 2.44 bits per heavy atom. The molecule has 1 fully saturated rings. The summed E-state index contributed by atoms with van der Waals surface area (Å²) in [5.74, 6) is -2.84. The molecule has 0 spiro atoms. The summed E-state index contributed by atoms with van der Waals surface area (Å²) in [6.45, 7) is 2.69. The number of pyridine rings is 2. The summed E-state index contributed by atoms with van der Waals surface area (Å²) in [6, 6.07) is 11.3. The van der Waals surface area contributed by atoms with Crippen molar-refractivity contribution >= 4 is 28.9 Å². The first kappa shape index (κ1) is 26.5. The summed E-state index contributed by atoms with van der Waals surface area (Å²) >= 11 is 12.5. The Hall–Kier alpha value is -2.52. The van der Waals surface area contributed by atoms with Crippen LogP contribution in [-0.2, 0) is 22.7 Å². The van der Waals surface area contributed by atoms with Gasteiger partial charge in [-0.05, 0) is 31.0 Å². The van der Waals surface area contributed by atoms with E-state index in [-0.39, 0.29) is 5.56 Å². The zero-order chi connectivity index (χ0) is 25.8. The van der Waals surface area contributed by atoms with Crippen LogP contribution in [0.15, 0.2) is 54.9 Å². The number of hydrogen-bond acceptors (Lipinski definition) is 6. The highest BCUT2D eigenvalue weighted by Crippen LogP contribution is 2.39. The van der Waals surface area contributed by atoms with Gasteiger partial charge in [0.1, 0.15) is 11.8 Å². The van der Waals surface area contributed by atoms with Gasteiger partial charge in [-0.2, -0.15) is 8.78 Å². The molecule has 0 saturated carbocycles. The van der Waals surface area contributed by atoms with Crippen molar-refractivity contribution in [2.75, 3.05) is 25.1 Å². The Morgan fingerprint density at radius 1 is 1.11 bits per heavy atom. The highest BCUT2D eigenvalue weighted by molar-refractivity contribution is 6.34. The molecule has 4 rings (SSSR count). The number of nitrogens with one attached hydrogen (secondary N) is 1. The minimum atomic E-state index is -3.27. The number of aliphatic hydroxyl groups excluding tert-OH is 1. The van der Waals surface area contributed by atoms with Crippen LogP contribution in [0.3, 0.4) is 0 Å². The van der Waals surface area contributed by atoms with Crippen molar-refractivity contribution in [3.8, 4) is 5.88 Å². The van der Waals surface area contributed by atoms with Crippen molar-refractivity contribution in [3.05, 3.63) is 81.7 Å². The standard InChI is InChI=1S/C26H27Cl2F2N3O3/c1-17(34)26(29,30)19-4-2-18(3-5-19)8-11-31-21-6-7-23(32-16-21)36-25(9-12-35-13-10-25)24-22(28)14-20(27)15-33-24/h2-7,14-17,31,34H,8-13H2,1H3. The number of aromatic nitrogens is 2. The van der Waals surface area contributed by atoms with Crippen LogP contribution in [0.2, 0.25) is 10.0 Å². The van der Waals surface area contributed by atoms with Crippen molar-refractivity contribution in [1.82, 2.24) is 9.97 Å². The molecule has 3 aromatic rings. The Morgan fingerprint density at radius 2 is 1.83 bits per heavy atom. The molecule has 36 heavy (non-hydrogen) atoms. The van der Waals surface area contributed by atoms with Crippen LogP contribution in [0.1, 0.15) is 36.6 Å². The average molecular weight is 538 g/mol. The largest absolute Gasteiger partial charge is 0.464 e. The fraction of sp³-hybridized carbons (Fsp3) is 0.385. The van der Waals surface area contributed by atoms with E-state index in [0.29, 0.717) is 60.6 Å². The Labute approximate surface area is 218 Å². The predicted molar refractivity (Wildman–Crippen MR) is 135 cm³/mol. The first-order valence-electron chi connectivity index (χ1n) is 11.6. The molecule has 2 N–H and O–H groups in total. The van der Waals surface area contributed by atoms with E-state index in [9.17, 15) is 13.9 Å². The molecular formula is C26H27Cl2F2N3O3. The third kappa shape index (κ3) is 6.06. The third-order valence-corrected chi connectivity index (χ3v) is 6.68. The average Bonchev–Trinajstić information content (AvgIpc) is 2.86. The monoisotopic (exact) mass is 537 g/mol. The summed E-state index contributed by atoms with van der Waals surface area (Å²) < 4.78 is 39.7. The smallest absolute Gasteiger partial charge is 0.298 e. The topological polar surface area (TPSA) is 76.5 Å². The van der Waals surface area contributed by atoms with Crippen LogP contribution in [0.5, 0.6) is 5.88 Å². The van der Waals surface area contributed by atoms with Crippen LogP contribution < -0.4 is 10.1 Å². The molecule has 1 unspecified atom stereocenters. The number of hydrogen-bond donors (Lipinski definition) is 2. The highest BCUT2D eigenvalue weighted by Gasteiger charge is 2.40. The molecule has 1 saturated heterocycles. The lowest BCUT2D eigenvalue weighted by molar-refractivity contribution is -0.106. The fourth-order valence-corrected chi connectivity index (χ4v) is 4.62. The Balaban J connectivity index is 1.37. The van der Waals surface area contributed by atoms with Crippen LogP contribution in [0.25, 0.3) is 0 Å². The number of ether oxygens (including phenoxy) is 2. The molecule has 1 atom stereocenters. The minimum Gasteiger partial charge on any atom is -0.464 e. The first-order chi connectivity index (χ1) is 17.2. The zero-order valence-electron chi connectivity index (χ0n) is 19.7. The molecule has 0 bridgehead atoms. The number of halogens is 4. The lowest BCUT2D eigenvalue weighted by Gasteiger charge is -2.37. The summed E-state index contributed by atoms with van der Waals surface area (Å²) in [5, 5.41) is 13.4. The van der Waals surface area contributed by atoms with E-state index in [1.165, 1.54) is 12.1 Å². The molecule has 1 aromatic carbocycles. The van der Waals surface area contributed by atoms with E-state index < -0.39 is 17.6 Å². The van der Waals surface area contributed by atoms with E-state index in [0.717, 1.165) is 18.2 Å². The molecule has 10 heteroatoms. The fourth-order valence-electron chi connectivity index (χ4n) is 4.07. The molecule has 192 valence electrons. The maximum atomic E-state index is 13.9. The number of anilines is 1. The second-order valence-corrected chi connectivity index (χ2v) is 9.59. The lowest BCUT2D eigenvalue weighted by atomic mass is 9.89. The molecular weight excluding hydrogens is 511 g/mol. The number of alkyl halides is 2. The SMILES string of the molecule is CC(O)C(F)(F)c1ccc(CCNc2ccc(OC3(c4ncc(Cl)cc4Cl)CCOCC3)nc2)cc1. The molecule has 1 aliphatic rings. The predicted octanol–water partition coefficient (Wildman–Crippen LogP) is 6.00. The second kappa shape index (κ2) is 11.3. The molecule has 6 nitrogen and oxygen atoms in total. The van der Waals surface area contributed by atoms with Crippen LogP contribution in [-0.4, -0.2) is 40.9 Å². The molecule has 3 heterocycles. The normalized spacial score (nSPS) is 16.4. The summed E-state index contributed by atoms with van der Waals surface area (Å²) in [5.41, 5.74) is 1.33. The van der Waals surface area contributed by atoms with Gasteiger partial charge in [0.25, 0.3) is 5.92 Å². The zero-order valence-corrected chi connectivity index (χ0v) is 21.2. The molecule has 2 aromatic heterocycles. The van der Waals surface area contributed by atoms with Crippen molar-refractivity contribution in [1.29, 1.82) is 0 Å². The lowest BCUT2D eigenvalue weighted by Crippen LogP contribution is -2.40. The number of nitrogens with zero attached hydrogens (tertiary/aromatic N) is 2. The number of aliphatic hydroxyl groups is 1. The first-order valence-corrected chi connectivity index (χ1v) is 12.4. The molecule has 0 aliphatic carbocycles. The minimum absolute atomic E-state index is 0.202. The maximum Gasteiger partial charge on any atom is 0.298 e. The summed E-state index contributed by atoms with van der Waals surface area (Å²) in [7, 11) is 0. The van der Waals surface area contributed by atoms with E-state index >= 15 is 0 Å². The van der Waals surface area contributed by atoms with Crippen molar-refractivity contribution in [2.24, 2.45) is 0 Å². The van der Waals surface area contributed by atoms with Crippen molar-refractivity contribution in [2.45, 2.75) is 43.8 Å². The molecule has 1 aliphatic heterocycles. The third-order valence-electron chi connectivity index (χ3n) is 6.18. The molecule has 0 amide bonds. The van der Waals surface area contributed by atoms with Gasteiger partial charge >= 0.3 is 0 Å². The van der Waals surface area contributed by atoms with Crippen molar-refractivity contribution < 1.29 is 23.4 Å². The van der Waals surface area contributed by atoms with Gasteiger partial charge in [0, 0.05) is 37.2 Å². The van der Waals surface area contributed by atoms with Gasteiger partial charge in [-0.3, -0.25) is 4.98 Å². The van der Waals surface area contributed by atoms with Crippen LogP contribution in [0, 0.1) is 0 Å². The van der Waals surface area contributed by atoms with Crippen LogP contribution in [0.4, 0.5) is 14.5 Å². The van der Waals surface area contributed by atoms with E-state index in [1.54, 1.807) is 36.7 Å². The maximum absolute atomic E-state index is 13.9.